The fourth-order valence-corrected chi connectivity index (χ4v) is 4.30. The number of rotatable bonds is 6. The molecule has 0 bridgehead atoms. The van der Waals surface area contributed by atoms with Crippen LogP contribution >= 0.6 is 0 Å². The van der Waals surface area contributed by atoms with Gasteiger partial charge >= 0.3 is 0 Å². The summed E-state index contributed by atoms with van der Waals surface area (Å²) in [6.45, 7) is 1.35. The highest BCUT2D eigenvalue weighted by Gasteiger charge is 2.39. The second-order valence-electron chi connectivity index (χ2n) is 8.13. The molecule has 162 valence electrons. The van der Waals surface area contributed by atoms with Crippen LogP contribution in [0.5, 0.6) is 5.75 Å². The zero-order valence-corrected chi connectivity index (χ0v) is 16.9. The van der Waals surface area contributed by atoms with E-state index in [1.807, 2.05) is 0 Å². The molecule has 0 radical (unpaired) electrons. The Morgan fingerprint density at radius 1 is 1.14 bits per heavy atom. The number of methoxy groups -OCH3 is 1. The van der Waals surface area contributed by atoms with Gasteiger partial charge in [-0.3, -0.25) is 9.69 Å². The van der Waals surface area contributed by atoms with Crippen LogP contribution in [0.4, 0.5) is 8.78 Å². The highest BCUT2D eigenvalue weighted by atomic mass is 19.1. The Morgan fingerprint density at radius 2 is 1.83 bits per heavy atom. The third-order valence-electron chi connectivity index (χ3n) is 5.69. The summed E-state index contributed by atoms with van der Waals surface area (Å²) in [5.41, 5.74) is -1.36. The summed E-state index contributed by atoms with van der Waals surface area (Å²) in [7, 11) is 1.46. The molecule has 0 spiro atoms. The van der Waals surface area contributed by atoms with Crippen molar-refractivity contribution in [2.24, 2.45) is 0 Å². The zero-order valence-electron chi connectivity index (χ0n) is 16.9. The molecule has 1 aliphatic carbocycles. The van der Waals surface area contributed by atoms with Crippen molar-refractivity contribution in [1.29, 1.82) is 0 Å². The van der Waals surface area contributed by atoms with Gasteiger partial charge in [0.1, 0.15) is 36.2 Å². The van der Waals surface area contributed by atoms with Gasteiger partial charge in [0.2, 0.25) is 5.91 Å². The Bertz CT molecular complexity index is 679. The average Bonchev–Trinajstić information content (AvgIpc) is 2.86. The molecule has 1 atom stereocenters. The molecule has 1 heterocycles. The van der Waals surface area contributed by atoms with Gasteiger partial charge in [-0.15, -0.1) is 0 Å². The van der Waals surface area contributed by atoms with Gasteiger partial charge < -0.3 is 19.5 Å². The molecule has 3 rings (SSSR count). The first-order valence-corrected chi connectivity index (χ1v) is 10.2. The molecule has 0 aromatic heterocycles. The Morgan fingerprint density at radius 3 is 2.48 bits per heavy atom. The molecule has 1 saturated carbocycles. The minimum absolute atomic E-state index is 0.0131. The predicted octanol–water partition coefficient (Wildman–Crippen LogP) is 2.20. The van der Waals surface area contributed by atoms with Crippen molar-refractivity contribution < 1.29 is 28.2 Å². The van der Waals surface area contributed by atoms with Crippen LogP contribution in [0, 0.1) is 11.6 Å². The quantitative estimate of drug-likeness (QED) is 0.776. The first-order chi connectivity index (χ1) is 13.9. The number of carbonyl (C=O) groups is 1. The van der Waals surface area contributed by atoms with Gasteiger partial charge in [-0.25, -0.2) is 8.78 Å². The molecule has 1 saturated heterocycles. The molecule has 29 heavy (non-hydrogen) atoms. The van der Waals surface area contributed by atoms with E-state index in [1.54, 1.807) is 4.90 Å². The van der Waals surface area contributed by atoms with Crippen LogP contribution in [-0.2, 0) is 9.53 Å². The Balaban J connectivity index is 1.75. The number of halogens is 2. The summed E-state index contributed by atoms with van der Waals surface area (Å²) in [4.78, 5) is 16.2. The molecule has 1 aromatic carbocycles. The lowest BCUT2D eigenvalue weighted by molar-refractivity contribution is -0.138. The minimum Gasteiger partial charge on any atom is -0.490 e. The molecule has 1 aliphatic heterocycles. The standard InChI is InChI=1S/C21H30F2N2O4/c1-28-12-20(26)25-8-7-24(18-5-3-2-4-6-18)13-21(27,14-25)15-29-19-10-16(22)9-17(23)11-19/h9-11,18,27H,2-8,12-15H2,1H3/t21-/m1/s1. The van der Waals surface area contributed by atoms with Crippen LogP contribution in [0.1, 0.15) is 32.1 Å². The second-order valence-corrected chi connectivity index (χ2v) is 8.13. The number of amides is 1. The molecular formula is C21H30F2N2O4. The molecule has 6 nitrogen and oxygen atoms in total. The Kier molecular flexibility index (Phi) is 7.43. The fourth-order valence-electron chi connectivity index (χ4n) is 4.30. The second kappa shape index (κ2) is 9.82. The number of benzene rings is 1. The Labute approximate surface area is 170 Å². The summed E-state index contributed by atoms with van der Waals surface area (Å²) < 4.78 is 37.4. The van der Waals surface area contributed by atoms with Crippen LogP contribution in [-0.4, -0.2) is 79.0 Å². The third-order valence-corrected chi connectivity index (χ3v) is 5.69. The maximum atomic E-state index is 13.5. The van der Waals surface area contributed by atoms with Gasteiger partial charge in [0.25, 0.3) is 0 Å². The largest absolute Gasteiger partial charge is 0.490 e. The monoisotopic (exact) mass is 412 g/mol. The summed E-state index contributed by atoms with van der Waals surface area (Å²) in [6.07, 6.45) is 5.67. The summed E-state index contributed by atoms with van der Waals surface area (Å²) in [5.74, 6) is -1.67. The molecule has 1 aromatic rings. The third kappa shape index (κ3) is 6.10. The summed E-state index contributed by atoms with van der Waals surface area (Å²) in [5, 5.41) is 11.4. The molecule has 1 amide bonds. The van der Waals surface area contributed by atoms with Crippen molar-refractivity contribution >= 4 is 5.91 Å². The van der Waals surface area contributed by atoms with E-state index in [-0.39, 0.29) is 31.4 Å². The van der Waals surface area contributed by atoms with Gasteiger partial charge in [0.05, 0.1) is 6.54 Å². The van der Waals surface area contributed by atoms with Crippen LogP contribution in [0.2, 0.25) is 0 Å². The average molecular weight is 412 g/mol. The van der Waals surface area contributed by atoms with Crippen molar-refractivity contribution in [3.63, 3.8) is 0 Å². The van der Waals surface area contributed by atoms with E-state index in [1.165, 1.54) is 13.5 Å². The number of carbonyl (C=O) groups excluding carboxylic acids is 1. The number of hydrogen-bond donors (Lipinski definition) is 1. The SMILES string of the molecule is COCC(=O)N1CCN(C2CCCCC2)C[C@](O)(COc2cc(F)cc(F)c2)C1. The normalized spacial score (nSPS) is 24.3. The van der Waals surface area contributed by atoms with E-state index >= 15 is 0 Å². The van der Waals surface area contributed by atoms with Crippen molar-refractivity contribution in [3.05, 3.63) is 29.8 Å². The first kappa shape index (κ1) is 21.9. The number of β-amino-alcohol motifs (C(OH)–C–C–N with tert-alkyl or cyclic N) is 1. The van der Waals surface area contributed by atoms with E-state index in [0.29, 0.717) is 25.7 Å². The molecular weight excluding hydrogens is 382 g/mol. The number of hydrogen-bond acceptors (Lipinski definition) is 5. The zero-order chi connectivity index (χ0) is 20.9. The van der Waals surface area contributed by atoms with Crippen molar-refractivity contribution in [3.8, 4) is 5.75 Å². The fraction of sp³-hybridized carbons (Fsp3) is 0.667. The van der Waals surface area contributed by atoms with E-state index < -0.39 is 17.2 Å². The van der Waals surface area contributed by atoms with Gasteiger partial charge in [0, 0.05) is 51.0 Å². The molecule has 0 unspecified atom stereocenters. The van der Waals surface area contributed by atoms with Gasteiger partial charge in [-0.1, -0.05) is 19.3 Å². The topological polar surface area (TPSA) is 62.2 Å². The highest BCUT2D eigenvalue weighted by Crippen LogP contribution is 2.27. The molecule has 2 aliphatic rings. The van der Waals surface area contributed by atoms with Crippen molar-refractivity contribution in [2.45, 2.75) is 43.7 Å². The van der Waals surface area contributed by atoms with Gasteiger partial charge in [-0.2, -0.15) is 0 Å². The van der Waals surface area contributed by atoms with Gasteiger partial charge in [-0.05, 0) is 12.8 Å². The molecule has 8 heteroatoms. The molecule has 1 N–H and O–H groups in total. The highest BCUT2D eigenvalue weighted by molar-refractivity contribution is 5.77. The lowest BCUT2D eigenvalue weighted by atomic mass is 9.93. The number of ether oxygens (including phenoxy) is 2. The van der Waals surface area contributed by atoms with Gasteiger partial charge in [0.15, 0.2) is 0 Å². The van der Waals surface area contributed by atoms with Crippen LogP contribution < -0.4 is 4.74 Å². The van der Waals surface area contributed by atoms with Crippen LogP contribution in [0.15, 0.2) is 18.2 Å². The predicted molar refractivity (Wildman–Crippen MR) is 104 cm³/mol. The van der Waals surface area contributed by atoms with E-state index in [2.05, 4.69) is 4.90 Å². The van der Waals surface area contributed by atoms with E-state index in [9.17, 15) is 18.7 Å². The van der Waals surface area contributed by atoms with Crippen LogP contribution in [0.25, 0.3) is 0 Å². The number of nitrogens with zero attached hydrogens (tertiary/aromatic N) is 2. The van der Waals surface area contributed by atoms with Crippen LogP contribution in [0.3, 0.4) is 0 Å². The minimum atomic E-state index is -1.36. The van der Waals surface area contributed by atoms with E-state index in [4.69, 9.17) is 9.47 Å². The maximum absolute atomic E-state index is 13.5. The maximum Gasteiger partial charge on any atom is 0.248 e. The lowest BCUT2D eigenvalue weighted by Crippen LogP contribution is -2.54. The summed E-state index contributed by atoms with van der Waals surface area (Å²) in [6, 6.07) is 3.29. The smallest absolute Gasteiger partial charge is 0.248 e. The van der Waals surface area contributed by atoms with Crippen molar-refractivity contribution in [1.82, 2.24) is 9.80 Å². The van der Waals surface area contributed by atoms with E-state index in [0.717, 1.165) is 43.9 Å². The Hall–Kier alpha value is -1.77. The van der Waals surface area contributed by atoms with Crippen molar-refractivity contribution in [2.75, 3.05) is 46.5 Å². The molecule has 2 fully saturated rings. The number of aliphatic hydroxyl groups is 1. The summed E-state index contributed by atoms with van der Waals surface area (Å²) >= 11 is 0. The first-order valence-electron chi connectivity index (χ1n) is 10.2. The lowest BCUT2D eigenvalue weighted by Gasteiger charge is -2.37.